The molecule has 2 bridgehead atoms. The minimum Gasteiger partial charge on any atom is -0.464 e. The molecular weight excluding hydrogens is 421 g/mol. The summed E-state index contributed by atoms with van der Waals surface area (Å²) in [5.41, 5.74) is 0. The number of aliphatic imine (C=N–C) groups is 1. The van der Waals surface area contributed by atoms with Gasteiger partial charge in [0.15, 0.2) is 5.96 Å². The van der Waals surface area contributed by atoms with Crippen LogP contribution in [0.5, 0.6) is 0 Å². The van der Waals surface area contributed by atoms with E-state index in [1.165, 1.54) is 13.1 Å². The Labute approximate surface area is 160 Å². The number of aryl methyl sites for hydroxylation is 1. The molecule has 3 fully saturated rings. The summed E-state index contributed by atoms with van der Waals surface area (Å²) in [6.07, 6.45) is -0.678. The maximum atomic E-state index is 10.1. The van der Waals surface area contributed by atoms with Crippen molar-refractivity contribution < 1.29 is 9.52 Å². The first-order valence-corrected chi connectivity index (χ1v) is 8.31. The molecule has 4 rings (SSSR count). The Morgan fingerprint density at radius 1 is 1.33 bits per heavy atom. The molecule has 136 valence electrons. The molecule has 0 amide bonds. The van der Waals surface area contributed by atoms with Crippen LogP contribution in [0.4, 0.5) is 0 Å². The van der Waals surface area contributed by atoms with Crippen LogP contribution >= 0.6 is 24.0 Å². The number of piperazine rings is 3. The smallest absolute Gasteiger partial charge is 0.191 e. The van der Waals surface area contributed by atoms with E-state index in [1.54, 1.807) is 13.1 Å². The van der Waals surface area contributed by atoms with Crippen LogP contribution in [0.1, 0.15) is 17.6 Å². The van der Waals surface area contributed by atoms with Crippen LogP contribution in [0.3, 0.4) is 0 Å². The first-order chi connectivity index (χ1) is 11.2. The highest BCUT2D eigenvalue weighted by Crippen LogP contribution is 2.16. The van der Waals surface area contributed by atoms with Crippen molar-refractivity contribution in [1.82, 2.24) is 20.4 Å². The van der Waals surface area contributed by atoms with E-state index >= 15 is 0 Å². The summed E-state index contributed by atoms with van der Waals surface area (Å²) in [6.45, 7) is 8.94. The average Bonchev–Trinajstić information content (AvgIpc) is 3.02. The SMILES string of the molecule is CN=C(NCC(O)c1ccc(C)o1)NCC1CN2CCN1CC2.I. The van der Waals surface area contributed by atoms with Crippen LogP contribution in [0.25, 0.3) is 0 Å². The topological polar surface area (TPSA) is 76.3 Å². The van der Waals surface area contributed by atoms with E-state index in [-0.39, 0.29) is 24.0 Å². The van der Waals surface area contributed by atoms with Crippen LogP contribution < -0.4 is 10.6 Å². The van der Waals surface area contributed by atoms with Gasteiger partial charge in [-0.15, -0.1) is 24.0 Å². The lowest BCUT2D eigenvalue weighted by molar-refractivity contribution is 0.0154. The number of aliphatic hydroxyl groups excluding tert-OH is 1. The van der Waals surface area contributed by atoms with E-state index in [2.05, 4.69) is 25.4 Å². The number of halogens is 1. The summed E-state index contributed by atoms with van der Waals surface area (Å²) in [5.74, 6) is 2.09. The first kappa shape index (κ1) is 19.5. The maximum Gasteiger partial charge on any atom is 0.191 e. The van der Waals surface area contributed by atoms with E-state index < -0.39 is 6.10 Å². The molecule has 3 N–H and O–H groups in total. The van der Waals surface area contributed by atoms with Crippen molar-refractivity contribution in [2.24, 2.45) is 4.99 Å². The zero-order valence-electron chi connectivity index (χ0n) is 14.4. The number of rotatable bonds is 5. The van der Waals surface area contributed by atoms with Gasteiger partial charge in [0.25, 0.3) is 0 Å². The summed E-state index contributed by atoms with van der Waals surface area (Å²) in [7, 11) is 1.75. The summed E-state index contributed by atoms with van der Waals surface area (Å²) < 4.78 is 5.44. The number of hydrogen-bond donors (Lipinski definition) is 3. The Morgan fingerprint density at radius 2 is 2.08 bits per heavy atom. The van der Waals surface area contributed by atoms with Crippen LogP contribution in [-0.4, -0.2) is 79.8 Å². The Morgan fingerprint density at radius 3 is 2.62 bits per heavy atom. The lowest BCUT2D eigenvalue weighted by Crippen LogP contribution is -2.63. The van der Waals surface area contributed by atoms with E-state index in [4.69, 9.17) is 4.42 Å². The highest BCUT2D eigenvalue weighted by Gasteiger charge is 2.31. The molecule has 4 heterocycles. The summed E-state index contributed by atoms with van der Waals surface area (Å²) in [5, 5.41) is 16.6. The predicted molar refractivity (Wildman–Crippen MR) is 105 cm³/mol. The molecule has 1 aromatic heterocycles. The minimum absolute atomic E-state index is 0. The Balaban J connectivity index is 0.00000208. The highest BCUT2D eigenvalue weighted by atomic mass is 127. The lowest BCUT2D eigenvalue weighted by Gasteiger charge is -2.47. The third-order valence-electron chi connectivity index (χ3n) is 4.67. The van der Waals surface area contributed by atoms with Crippen molar-refractivity contribution >= 4 is 29.9 Å². The van der Waals surface area contributed by atoms with Gasteiger partial charge in [0.2, 0.25) is 0 Å². The third kappa shape index (κ3) is 4.84. The summed E-state index contributed by atoms with van der Waals surface area (Å²) >= 11 is 0. The van der Waals surface area contributed by atoms with Gasteiger partial charge < -0.3 is 20.2 Å². The molecule has 0 spiro atoms. The molecule has 8 heteroatoms. The van der Waals surface area contributed by atoms with Gasteiger partial charge in [-0.2, -0.15) is 0 Å². The summed E-state index contributed by atoms with van der Waals surface area (Å²) in [4.78, 5) is 9.29. The van der Waals surface area contributed by atoms with Crippen molar-refractivity contribution in [2.45, 2.75) is 19.1 Å². The molecule has 3 aliphatic rings. The standard InChI is InChI=1S/C16H27N5O2.HI/c1-12-3-4-15(23-12)14(22)10-19-16(17-2)18-9-13-11-20-5-7-21(13)8-6-20;/h3-4,13-14,22H,5-11H2,1-2H3,(H2,17,18,19);1H. The monoisotopic (exact) mass is 449 g/mol. The van der Waals surface area contributed by atoms with E-state index in [0.717, 1.165) is 31.9 Å². The number of nitrogens with zero attached hydrogens (tertiary/aromatic N) is 3. The van der Waals surface area contributed by atoms with Crippen molar-refractivity contribution in [1.29, 1.82) is 0 Å². The quantitative estimate of drug-likeness (QED) is 0.344. The second kappa shape index (κ2) is 9.02. The average molecular weight is 449 g/mol. The molecular formula is C16H28IN5O2. The van der Waals surface area contributed by atoms with Gasteiger partial charge in [-0.05, 0) is 19.1 Å². The third-order valence-corrected chi connectivity index (χ3v) is 4.67. The van der Waals surface area contributed by atoms with Crippen molar-refractivity contribution in [3.63, 3.8) is 0 Å². The second-order valence-electron chi connectivity index (χ2n) is 6.29. The zero-order valence-corrected chi connectivity index (χ0v) is 16.7. The normalized spacial score (nSPS) is 27.5. The van der Waals surface area contributed by atoms with Crippen LogP contribution in [0.2, 0.25) is 0 Å². The van der Waals surface area contributed by atoms with Crippen LogP contribution in [0, 0.1) is 6.92 Å². The molecule has 7 nitrogen and oxygen atoms in total. The van der Waals surface area contributed by atoms with Gasteiger partial charge >= 0.3 is 0 Å². The molecule has 24 heavy (non-hydrogen) atoms. The van der Waals surface area contributed by atoms with Crippen molar-refractivity contribution in [3.8, 4) is 0 Å². The molecule has 3 aliphatic heterocycles. The highest BCUT2D eigenvalue weighted by molar-refractivity contribution is 14.0. The number of furan rings is 1. The summed E-state index contributed by atoms with van der Waals surface area (Å²) in [6, 6.07) is 4.19. The number of aliphatic hydroxyl groups is 1. The van der Waals surface area contributed by atoms with Crippen molar-refractivity contribution in [3.05, 3.63) is 23.7 Å². The molecule has 0 aromatic carbocycles. The van der Waals surface area contributed by atoms with Crippen LogP contribution in [0.15, 0.2) is 21.5 Å². The number of fused-ring (bicyclic) bond motifs is 3. The van der Waals surface area contributed by atoms with Crippen LogP contribution in [-0.2, 0) is 0 Å². The fraction of sp³-hybridized carbons (Fsp3) is 0.688. The maximum absolute atomic E-state index is 10.1. The number of guanidine groups is 1. The van der Waals surface area contributed by atoms with Gasteiger partial charge in [0, 0.05) is 52.4 Å². The van der Waals surface area contributed by atoms with Gasteiger partial charge in [-0.25, -0.2) is 0 Å². The first-order valence-electron chi connectivity index (χ1n) is 8.31. The second-order valence-corrected chi connectivity index (χ2v) is 6.29. The number of nitrogens with one attached hydrogen (secondary N) is 2. The molecule has 0 saturated carbocycles. The Bertz CT molecular complexity index is 542. The van der Waals surface area contributed by atoms with Gasteiger partial charge in [0.1, 0.15) is 17.6 Å². The molecule has 1 aromatic rings. The van der Waals surface area contributed by atoms with E-state index in [9.17, 15) is 5.11 Å². The van der Waals surface area contributed by atoms with Gasteiger partial charge in [0.05, 0.1) is 6.54 Å². The Kier molecular flexibility index (Phi) is 7.33. The largest absolute Gasteiger partial charge is 0.464 e. The minimum atomic E-state index is -0.678. The molecule has 3 saturated heterocycles. The zero-order chi connectivity index (χ0) is 16.2. The van der Waals surface area contributed by atoms with Crippen molar-refractivity contribution in [2.75, 3.05) is 52.9 Å². The molecule has 2 atom stereocenters. The molecule has 0 aliphatic carbocycles. The fourth-order valence-electron chi connectivity index (χ4n) is 3.28. The fourth-order valence-corrected chi connectivity index (χ4v) is 3.28. The molecule has 0 radical (unpaired) electrons. The van der Waals surface area contributed by atoms with E-state index in [1.807, 2.05) is 13.0 Å². The van der Waals surface area contributed by atoms with Gasteiger partial charge in [-0.1, -0.05) is 0 Å². The molecule has 2 unspecified atom stereocenters. The predicted octanol–water partition coefficient (Wildman–Crippen LogP) is 0.404. The van der Waals surface area contributed by atoms with Gasteiger partial charge in [-0.3, -0.25) is 14.8 Å². The lowest BCUT2D eigenvalue weighted by atomic mass is 10.1. The number of hydrogen-bond acceptors (Lipinski definition) is 5. The van der Waals surface area contributed by atoms with E-state index in [0.29, 0.717) is 24.3 Å². The Hall–Kier alpha value is -0.840.